The van der Waals surface area contributed by atoms with E-state index in [1.807, 2.05) is 0 Å². The van der Waals surface area contributed by atoms with E-state index in [1.54, 1.807) is 12.1 Å². The summed E-state index contributed by atoms with van der Waals surface area (Å²) in [6, 6.07) is 6.93. The van der Waals surface area contributed by atoms with Gasteiger partial charge < -0.3 is 19.5 Å². The zero-order valence-electron chi connectivity index (χ0n) is 13.6. The fourth-order valence-corrected chi connectivity index (χ4v) is 2.77. The standard InChI is InChI=1S/C16H17F3N4O3/c17-16(18,19)26-13-3-1-12(2-4-13)23-7-5-11(10-23)9-20-15(24)21-14-6-8-25-22-14/h1-4,6,8,11H,5,7,9-10H2,(H2,20,21,22,24)/t11-/m1/s1. The van der Waals surface area contributed by atoms with Crippen LogP contribution in [0.15, 0.2) is 41.1 Å². The average Bonchev–Trinajstić information content (AvgIpc) is 3.24. The number of amides is 2. The van der Waals surface area contributed by atoms with Gasteiger partial charge in [-0.1, -0.05) is 5.16 Å². The third kappa shape index (κ3) is 5.04. The molecule has 2 amide bonds. The highest BCUT2D eigenvalue weighted by atomic mass is 19.4. The topological polar surface area (TPSA) is 79.6 Å². The summed E-state index contributed by atoms with van der Waals surface area (Å²) in [5.41, 5.74) is 0.814. The number of anilines is 2. The van der Waals surface area contributed by atoms with Crippen molar-refractivity contribution >= 4 is 17.5 Å². The SMILES string of the molecule is O=C(NC[C@H]1CCN(c2ccc(OC(F)(F)F)cc2)C1)Nc1ccon1. The van der Waals surface area contributed by atoms with Crippen LogP contribution < -0.4 is 20.3 Å². The van der Waals surface area contributed by atoms with Crippen LogP contribution in [0.5, 0.6) is 5.75 Å². The van der Waals surface area contributed by atoms with Crippen LogP contribution in [-0.2, 0) is 0 Å². The van der Waals surface area contributed by atoms with Crippen molar-refractivity contribution in [2.24, 2.45) is 5.92 Å². The number of nitrogens with zero attached hydrogens (tertiary/aromatic N) is 2. The maximum Gasteiger partial charge on any atom is 0.573 e. The summed E-state index contributed by atoms with van der Waals surface area (Å²) in [6.45, 7) is 1.94. The molecule has 1 aromatic carbocycles. The molecule has 0 unspecified atom stereocenters. The average molecular weight is 370 g/mol. The Morgan fingerprint density at radius 1 is 1.31 bits per heavy atom. The molecule has 0 aliphatic carbocycles. The molecule has 0 bridgehead atoms. The number of hydrogen-bond donors (Lipinski definition) is 2. The normalized spacial score (nSPS) is 17.2. The van der Waals surface area contributed by atoms with E-state index in [2.05, 4.69) is 30.0 Å². The molecule has 3 rings (SSSR count). The van der Waals surface area contributed by atoms with Crippen LogP contribution in [0.4, 0.5) is 29.5 Å². The van der Waals surface area contributed by atoms with Gasteiger partial charge in [-0.25, -0.2) is 4.79 Å². The molecule has 2 heterocycles. The lowest BCUT2D eigenvalue weighted by Crippen LogP contribution is -2.34. The lowest BCUT2D eigenvalue weighted by atomic mass is 10.1. The number of aromatic nitrogens is 1. The third-order valence-corrected chi connectivity index (χ3v) is 3.95. The summed E-state index contributed by atoms with van der Waals surface area (Å²) in [6.07, 6.45) is -2.47. The summed E-state index contributed by atoms with van der Waals surface area (Å²) < 4.78 is 45.0. The zero-order chi connectivity index (χ0) is 18.6. The molecule has 2 aromatic rings. The van der Waals surface area contributed by atoms with Crippen molar-refractivity contribution in [3.63, 3.8) is 0 Å². The Morgan fingerprint density at radius 2 is 2.08 bits per heavy atom. The van der Waals surface area contributed by atoms with Crippen LogP contribution in [0.1, 0.15) is 6.42 Å². The van der Waals surface area contributed by atoms with Crippen molar-refractivity contribution in [2.45, 2.75) is 12.8 Å². The van der Waals surface area contributed by atoms with E-state index in [1.165, 1.54) is 24.5 Å². The highest BCUT2D eigenvalue weighted by molar-refractivity contribution is 5.87. The quantitative estimate of drug-likeness (QED) is 0.845. The van der Waals surface area contributed by atoms with Crippen molar-refractivity contribution in [2.75, 3.05) is 29.9 Å². The fourth-order valence-electron chi connectivity index (χ4n) is 2.77. The van der Waals surface area contributed by atoms with Crippen LogP contribution >= 0.6 is 0 Å². The Hall–Kier alpha value is -2.91. The molecule has 26 heavy (non-hydrogen) atoms. The van der Waals surface area contributed by atoms with Crippen molar-refractivity contribution < 1.29 is 27.2 Å². The maximum absolute atomic E-state index is 12.2. The Balaban J connectivity index is 1.45. The molecule has 0 spiro atoms. The van der Waals surface area contributed by atoms with Gasteiger partial charge in [-0.2, -0.15) is 0 Å². The molecule has 1 aliphatic rings. The predicted molar refractivity (Wildman–Crippen MR) is 87.0 cm³/mol. The molecule has 7 nitrogen and oxygen atoms in total. The summed E-state index contributed by atoms with van der Waals surface area (Å²) in [5.74, 6) is 0.323. The van der Waals surface area contributed by atoms with E-state index in [0.717, 1.165) is 18.7 Å². The zero-order valence-corrected chi connectivity index (χ0v) is 13.6. The molecule has 1 saturated heterocycles. The molecule has 1 fully saturated rings. The van der Waals surface area contributed by atoms with Crippen molar-refractivity contribution in [1.29, 1.82) is 0 Å². The number of halogens is 3. The number of hydrogen-bond acceptors (Lipinski definition) is 5. The summed E-state index contributed by atoms with van der Waals surface area (Å²) in [7, 11) is 0. The summed E-state index contributed by atoms with van der Waals surface area (Å²) >= 11 is 0. The van der Waals surface area contributed by atoms with Gasteiger partial charge in [-0.05, 0) is 36.6 Å². The molecule has 1 aromatic heterocycles. The first-order valence-corrected chi connectivity index (χ1v) is 7.95. The highest BCUT2D eigenvalue weighted by Crippen LogP contribution is 2.28. The lowest BCUT2D eigenvalue weighted by Gasteiger charge is -2.19. The van der Waals surface area contributed by atoms with E-state index < -0.39 is 6.36 Å². The monoisotopic (exact) mass is 370 g/mol. The smallest absolute Gasteiger partial charge is 0.406 e. The Morgan fingerprint density at radius 3 is 2.73 bits per heavy atom. The first-order chi connectivity index (χ1) is 12.4. The minimum Gasteiger partial charge on any atom is -0.406 e. The largest absolute Gasteiger partial charge is 0.573 e. The van der Waals surface area contributed by atoms with Crippen molar-refractivity contribution in [3.8, 4) is 5.75 Å². The van der Waals surface area contributed by atoms with Gasteiger partial charge >= 0.3 is 12.4 Å². The second-order valence-corrected chi connectivity index (χ2v) is 5.86. The number of alkyl halides is 3. The number of carbonyl (C=O) groups excluding carboxylic acids is 1. The van der Waals surface area contributed by atoms with Crippen LogP contribution in [0, 0.1) is 5.92 Å². The van der Waals surface area contributed by atoms with Crippen molar-refractivity contribution in [3.05, 3.63) is 36.6 Å². The molecular formula is C16H17F3N4O3. The van der Waals surface area contributed by atoms with Gasteiger partial charge in [-0.15, -0.1) is 13.2 Å². The number of nitrogens with one attached hydrogen (secondary N) is 2. The molecule has 1 aliphatic heterocycles. The van der Waals surface area contributed by atoms with Crippen LogP contribution in [0.25, 0.3) is 0 Å². The predicted octanol–water partition coefficient (Wildman–Crippen LogP) is 3.22. The van der Waals surface area contributed by atoms with E-state index in [0.29, 0.717) is 18.9 Å². The van der Waals surface area contributed by atoms with Crippen LogP contribution in [0.2, 0.25) is 0 Å². The molecular weight excluding hydrogens is 353 g/mol. The van der Waals surface area contributed by atoms with Gasteiger partial charge in [0, 0.05) is 31.4 Å². The summed E-state index contributed by atoms with van der Waals surface area (Å²) in [5, 5.41) is 8.89. The Bertz CT molecular complexity index is 719. The maximum atomic E-state index is 12.2. The summed E-state index contributed by atoms with van der Waals surface area (Å²) in [4.78, 5) is 13.8. The van der Waals surface area contributed by atoms with E-state index in [9.17, 15) is 18.0 Å². The lowest BCUT2D eigenvalue weighted by molar-refractivity contribution is -0.274. The van der Waals surface area contributed by atoms with E-state index >= 15 is 0 Å². The van der Waals surface area contributed by atoms with E-state index in [-0.39, 0.29) is 17.7 Å². The number of rotatable bonds is 5. The number of urea groups is 1. The minimum atomic E-state index is -4.70. The number of carbonyl (C=O) groups is 1. The number of ether oxygens (including phenoxy) is 1. The second-order valence-electron chi connectivity index (χ2n) is 5.86. The van der Waals surface area contributed by atoms with Crippen molar-refractivity contribution in [1.82, 2.24) is 10.5 Å². The van der Waals surface area contributed by atoms with Gasteiger partial charge in [0.2, 0.25) is 0 Å². The van der Waals surface area contributed by atoms with E-state index in [4.69, 9.17) is 0 Å². The molecule has 0 saturated carbocycles. The van der Waals surface area contributed by atoms with Gasteiger partial charge in [0.1, 0.15) is 12.0 Å². The Labute approximate surface area is 147 Å². The fraction of sp³-hybridized carbons (Fsp3) is 0.375. The highest BCUT2D eigenvalue weighted by Gasteiger charge is 2.31. The second kappa shape index (κ2) is 7.54. The van der Waals surface area contributed by atoms with Crippen LogP contribution in [0.3, 0.4) is 0 Å². The van der Waals surface area contributed by atoms with Gasteiger partial charge in [0.15, 0.2) is 5.82 Å². The first-order valence-electron chi connectivity index (χ1n) is 7.95. The third-order valence-electron chi connectivity index (χ3n) is 3.95. The van der Waals surface area contributed by atoms with Crippen LogP contribution in [-0.4, -0.2) is 37.2 Å². The van der Waals surface area contributed by atoms with Gasteiger partial charge in [-0.3, -0.25) is 5.32 Å². The molecule has 1 atom stereocenters. The first kappa shape index (κ1) is 17.9. The Kier molecular flexibility index (Phi) is 5.19. The number of benzene rings is 1. The molecule has 140 valence electrons. The minimum absolute atomic E-state index is 0.240. The van der Waals surface area contributed by atoms with Gasteiger partial charge in [0.05, 0.1) is 0 Å². The molecule has 10 heteroatoms. The molecule has 0 radical (unpaired) electrons. The molecule has 2 N–H and O–H groups in total. The van der Waals surface area contributed by atoms with Gasteiger partial charge in [0.25, 0.3) is 0 Å².